The molecular formula is C12H11FN2O2. The molecule has 88 valence electrons. The summed E-state index contributed by atoms with van der Waals surface area (Å²) >= 11 is 0. The standard InChI is InChI=1S/C12H11FN2O2/c13-11-3-1-2-9(8-16)12(11)15-4-5-17-10(6-14)7-15/h1-3,8,10H,4-5,7H2. The zero-order valence-corrected chi connectivity index (χ0v) is 9.10. The van der Waals surface area contributed by atoms with Crippen molar-refractivity contribution in [3.63, 3.8) is 0 Å². The second kappa shape index (κ2) is 4.93. The summed E-state index contributed by atoms with van der Waals surface area (Å²) < 4.78 is 18.9. The van der Waals surface area contributed by atoms with Gasteiger partial charge in [0.1, 0.15) is 5.82 Å². The zero-order chi connectivity index (χ0) is 12.3. The molecule has 1 saturated heterocycles. The minimum Gasteiger partial charge on any atom is -0.363 e. The number of carbonyl (C=O) groups is 1. The first-order chi connectivity index (χ1) is 8.26. The van der Waals surface area contributed by atoms with Crippen molar-refractivity contribution in [2.75, 3.05) is 24.6 Å². The van der Waals surface area contributed by atoms with E-state index in [0.717, 1.165) is 0 Å². The molecule has 17 heavy (non-hydrogen) atoms. The molecule has 1 atom stereocenters. The van der Waals surface area contributed by atoms with Gasteiger partial charge >= 0.3 is 0 Å². The molecule has 1 aliphatic rings. The molecule has 1 aromatic carbocycles. The van der Waals surface area contributed by atoms with E-state index in [0.29, 0.717) is 25.0 Å². The van der Waals surface area contributed by atoms with Gasteiger partial charge in [-0.05, 0) is 12.1 Å². The molecule has 1 aromatic rings. The Bertz CT molecular complexity index is 470. The van der Waals surface area contributed by atoms with Crippen molar-refractivity contribution in [3.8, 4) is 6.07 Å². The van der Waals surface area contributed by atoms with Gasteiger partial charge in [0.05, 0.1) is 24.9 Å². The van der Waals surface area contributed by atoms with E-state index in [-0.39, 0.29) is 12.2 Å². The first-order valence-electron chi connectivity index (χ1n) is 5.26. The van der Waals surface area contributed by atoms with Crippen LogP contribution >= 0.6 is 0 Å². The maximum absolute atomic E-state index is 13.7. The number of halogens is 1. The zero-order valence-electron chi connectivity index (χ0n) is 9.10. The fourth-order valence-electron chi connectivity index (χ4n) is 1.89. The van der Waals surface area contributed by atoms with E-state index in [4.69, 9.17) is 10.00 Å². The van der Waals surface area contributed by atoms with Crippen LogP contribution in [0.1, 0.15) is 10.4 Å². The lowest BCUT2D eigenvalue weighted by molar-refractivity contribution is 0.0760. The number of anilines is 1. The fraction of sp³-hybridized carbons (Fsp3) is 0.333. The fourth-order valence-corrected chi connectivity index (χ4v) is 1.89. The van der Waals surface area contributed by atoms with Crippen LogP contribution < -0.4 is 4.90 Å². The van der Waals surface area contributed by atoms with E-state index in [2.05, 4.69) is 0 Å². The van der Waals surface area contributed by atoms with Crippen molar-refractivity contribution < 1.29 is 13.9 Å². The summed E-state index contributed by atoms with van der Waals surface area (Å²) in [4.78, 5) is 12.6. The smallest absolute Gasteiger partial charge is 0.161 e. The number of para-hydroxylation sites is 1. The summed E-state index contributed by atoms with van der Waals surface area (Å²) in [7, 11) is 0. The number of ether oxygens (including phenoxy) is 1. The van der Waals surface area contributed by atoms with E-state index in [9.17, 15) is 9.18 Å². The first-order valence-corrected chi connectivity index (χ1v) is 5.26. The van der Waals surface area contributed by atoms with Crippen LogP contribution in [0.2, 0.25) is 0 Å². The van der Waals surface area contributed by atoms with Crippen LogP contribution in [0, 0.1) is 17.1 Å². The normalized spacial score (nSPS) is 19.8. The predicted molar refractivity (Wildman–Crippen MR) is 59.4 cm³/mol. The molecule has 1 heterocycles. The van der Waals surface area contributed by atoms with Gasteiger partial charge in [-0.15, -0.1) is 0 Å². The summed E-state index contributed by atoms with van der Waals surface area (Å²) in [5.74, 6) is -0.451. The molecule has 0 aliphatic carbocycles. The van der Waals surface area contributed by atoms with Gasteiger partial charge < -0.3 is 9.64 Å². The van der Waals surface area contributed by atoms with Gasteiger partial charge in [-0.2, -0.15) is 5.26 Å². The lowest BCUT2D eigenvalue weighted by Crippen LogP contribution is -2.42. The Hall–Kier alpha value is -1.93. The van der Waals surface area contributed by atoms with Crippen LogP contribution in [0.3, 0.4) is 0 Å². The van der Waals surface area contributed by atoms with E-state index < -0.39 is 11.9 Å². The molecule has 0 spiro atoms. The number of hydrogen-bond donors (Lipinski definition) is 0. The van der Waals surface area contributed by atoms with E-state index in [1.54, 1.807) is 11.0 Å². The lowest BCUT2D eigenvalue weighted by atomic mass is 10.1. The molecule has 5 heteroatoms. The number of benzene rings is 1. The van der Waals surface area contributed by atoms with Crippen LogP contribution in [-0.2, 0) is 4.74 Å². The SMILES string of the molecule is N#CC1CN(c2c(F)cccc2C=O)CCO1. The minimum atomic E-state index is -0.581. The van der Waals surface area contributed by atoms with Crippen molar-refractivity contribution in [3.05, 3.63) is 29.6 Å². The summed E-state index contributed by atoms with van der Waals surface area (Å²) in [6, 6.07) is 6.34. The van der Waals surface area contributed by atoms with Crippen molar-refractivity contribution in [2.45, 2.75) is 6.10 Å². The highest BCUT2D eigenvalue weighted by molar-refractivity contribution is 5.84. The van der Waals surface area contributed by atoms with E-state index >= 15 is 0 Å². The molecule has 0 N–H and O–H groups in total. The average molecular weight is 234 g/mol. The van der Waals surface area contributed by atoms with Crippen LogP contribution in [0.15, 0.2) is 18.2 Å². The average Bonchev–Trinajstić information content (AvgIpc) is 2.38. The first kappa shape index (κ1) is 11.6. The Kier molecular flexibility index (Phi) is 3.35. The second-order valence-corrected chi connectivity index (χ2v) is 3.73. The third kappa shape index (κ3) is 2.27. The molecule has 2 rings (SSSR count). The molecule has 1 unspecified atom stereocenters. The molecule has 0 aromatic heterocycles. The number of hydrogen-bond acceptors (Lipinski definition) is 4. The van der Waals surface area contributed by atoms with Crippen molar-refractivity contribution in [2.24, 2.45) is 0 Å². The van der Waals surface area contributed by atoms with Gasteiger partial charge in [0.25, 0.3) is 0 Å². The summed E-state index contributed by atoms with van der Waals surface area (Å²) in [5, 5.41) is 8.79. The lowest BCUT2D eigenvalue weighted by Gasteiger charge is -2.32. The maximum Gasteiger partial charge on any atom is 0.161 e. The van der Waals surface area contributed by atoms with Gasteiger partial charge in [-0.25, -0.2) is 4.39 Å². The quantitative estimate of drug-likeness (QED) is 0.725. The molecule has 4 nitrogen and oxygen atoms in total. The van der Waals surface area contributed by atoms with Crippen LogP contribution in [0.5, 0.6) is 0 Å². The Morgan fingerprint density at radius 3 is 3.12 bits per heavy atom. The largest absolute Gasteiger partial charge is 0.363 e. The third-order valence-corrected chi connectivity index (χ3v) is 2.67. The minimum absolute atomic E-state index is 0.256. The molecule has 0 amide bonds. The Balaban J connectivity index is 2.33. The summed E-state index contributed by atoms with van der Waals surface area (Å²) in [6.07, 6.45) is 0.0396. The van der Waals surface area contributed by atoms with Gasteiger partial charge in [-0.1, -0.05) is 6.07 Å². The maximum atomic E-state index is 13.7. The highest BCUT2D eigenvalue weighted by Gasteiger charge is 2.24. The molecule has 1 aliphatic heterocycles. The molecule has 1 fully saturated rings. The number of rotatable bonds is 2. The molecule has 0 bridgehead atoms. The Labute approximate surface area is 98.2 Å². The Morgan fingerprint density at radius 2 is 2.41 bits per heavy atom. The molecule has 0 saturated carbocycles. The molecular weight excluding hydrogens is 223 g/mol. The van der Waals surface area contributed by atoms with Crippen LogP contribution in [-0.4, -0.2) is 32.1 Å². The number of nitrogens with zero attached hydrogens (tertiary/aromatic N) is 2. The molecule has 0 radical (unpaired) electrons. The highest BCUT2D eigenvalue weighted by atomic mass is 19.1. The van der Waals surface area contributed by atoms with Crippen molar-refractivity contribution in [1.29, 1.82) is 5.26 Å². The van der Waals surface area contributed by atoms with Crippen molar-refractivity contribution in [1.82, 2.24) is 0 Å². The van der Waals surface area contributed by atoms with Gasteiger partial charge in [-0.3, -0.25) is 4.79 Å². The summed E-state index contributed by atoms with van der Waals surface area (Å²) in [5.41, 5.74) is 0.551. The number of nitriles is 1. The van der Waals surface area contributed by atoms with Crippen LogP contribution in [0.4, 0.5) is 10.1 Å². The van der Waals surface area contributed by atoms with Crippen molar-refractivity contribution >= 4 is 12.0 Å². The number of carbonyl (C=O) groups excluding carboxylic acids is 1. The number of morpholine rings is 1. The van der Waals surface area contributed by atoms with Crippen LogP contribution in [0.25, 0.3) is 0 Å². The monoisotopic (exact) mass is 234 g/mol. The third-order valence-electron chi connectivity index (χ3n) is 2.67. The van der Waals surface area contributed by atoms with E-state index in [1.165, 1.54) is 12.1 Å². The van der Waals surface area contributed by atoms with Gasteiger partial charge in [0, 0.05) is 12.1 Å². The highest BCUT2D eigenvalue weighted by Crippen LogP contribution is 2.25. The van der Waals surface area contributed by atoms with Gasteiger partial charge in [0.2, 0.25) is 0 Å². The second-order valence-electron chi connectivity index (χ2n) is 3.73. The topological polar surface area (TPSA) is 53.3 Å². The summed E-state index contributed by atoms with van der Waals surface area (Å²) in [6.45, 7) is 1.10. The number of aldehydes is 1. The Morgan fingerprint density at radius 1 is 1.59 bits per heavy atom. The van der Waals surface area contributed by atoms with Gasteiger partial charge in [0.15, 0.2) is 12.4 Å². The van der Waals surface area contributed by atoms with E-state index in [1.807, 2.05) is 6.07 Å². The predicted octanol–water partition coefficient (Wildman–Crippen LogP) is 1.37.